The van der Waals surface area contributed by atoms with Crippen LogP contribution in [-0.2, 0) is 0 Å². The van der Waals surface area contributed by atoms with E-state index < -0.39 is 24.2 Å². The van der Waals surface area contributed by atoms with Crippen LogP contribution < -0.4 is 10.4 Å². The fraction of sp³-hybridized carbons (Fsp3) is 0.625. The second-order valence-corrected chi connectivity index (χ2v) is 24.3. The van der Waals surface area contributed by atoms with Crippen molar-refractivity contribution in [2.75, 3.05) is 0 Å². The smallest absolute Gasteiger partial charge is 0.0696 e. The van der Waals surface area contributed by atoms with Crippen LogP contribution in [0, 0.1) is 0 Å². The summed E-state index contributed by atoms with van der Waals surface area (Å²) in [6, 6.07) is 12.6. The zero-order chi connectivity index (χ0) is 14.9. The highest BCUT2D eigenvalue weighted by molar-refractivity contribution is 6.92. The second-order valence-electron chi connectivity index (χ2n) is 8.77. The van der Waals surface area contributed by atoms with Crippen LogP contribution in [0.3, 0.4) is 0 Å². The second kappa shape index (κ2) is 5.70. The van der Waals surface area contributed by atoms with Gasteiger partial charge in [-0.3, -0.25) is 0 Å². The molecule has 0 saturated heterocycles. The molecule has 19 heavy (non-hydrogen) atoms. The van der Waals surface area contributed by atoms with Crippen molar-refractivity contribution in [3.8, 4) is 0 Å². The number of benzene rings is 1. The Morgan fingerprint density at radius 3 is 1.42 bits per heavy atom. The molecule has 0 aliphatic carbocycles. The van der Waals surface area contributed by atoms with Crippen LogP contribution >= 0.6 is 0 Å². The minimum atomic E-state index is -1.22. The van der Waals surface area contributed by atoms with Crippen LogP contribution in [0.15, 0.2) is 24.3 Å². The van der Waals surface area contributed by atoms with E-state index in [1.165, 1.54) is 12.1 Å². The lowest BCUT2D eigenvalue weighted by atomic mass is 10.4. The number of hydrogen-bond donors (Lipinski definition) is 0. The number of rotatable bonds is 5. The Kier molecular flexibility index (Phi) is 5.08. The third-order valence-electron chi connectivity index (χ3n) is 4.03. The average Bonchev–Trinajstić information content (AvgIpc) is 2.25. The van der Waals surface area contributed by atoms with Gasteiger partial charge in [-0.2, -0.15) is 0 Å². The molecule has 0 aliphatic heterocycles. The molecule has 0 spiro atoms. The molecule has 1 aromatic carbocycles. The normalized spacial score (nSPS) is 13.7. The molecule has 0 radical (unpaired) electrons. The summed E-state index contributed by atoms with van der Waals surface area (Å²) in [6.45, 7) is 19.8. The van der Waals surface area contributed by atoms with Crippen LogP contribution in [0.1, 0.15) is 0 Å². The Labute approximate surface area is 123 Å². The average molecular weight is 309 g/mol. The molecule has 0 unspecified atom stereocenters. The standard InChI is InChI=1S/C16H32Si3/c1-17(2,3)13-14-19(7,8)16-11-9-15(10-12-16)18(4,5)6/h9-12H,13-14H2,1-8H3. The van der Waals surface area contributed by atoms with Crippen LogP contribution in [0.2, 0.25) is 64.5 Å². The number of hydrogen-bond acceptors (Lipinski definition) is 0. The zero-order valence-electron chi connectivity index (χ0n) is 14.2. The summed E-state index contributed by atoms with van der Waals surface area (Å²) >= 11 is 0. The van der Waals surface area contributed by atoms with Gasteiger partial charge in [-0.1, -0.05) is 99.1 Å². The van der Waals surface area contributed by atoms with Crippen molar-refractivity contribution in [3.05, 3.63) is 24.3 Å². The maximum absolute atomic E-state index is 2.54. The Morgan fingerprint density at radius 1 is 0.632 bits per heavy atom. The summed E-state index contributed by atoms with van der Waals surface area (Å²) in [5.74, 6) is 0. The molecule has 1 aromatic rings. The molecular formula is C16H32Si3. The van der Waals surface area contributed by atoms with Gasteiger partial charge in [-0.15, -0.1) is 0 Å². The molecule has 0 atom stereocenters. The monoisotopic (exact) mass is 308 g/mol. The van der Waals surface area contributed by atoms with Crippen molar-refractivity contribution in [2.45, 2.75) is 64.5 Å². The fourth-order valence-corrected chi connectivity index (χ4v) is 10.3. The highest BCUT2D eigenvalue weighted by Crippen LogP contribution is 2.20. The maximum Gasteiger partial charge on any atom is 0.0803 e. The predicted octanol–water partition coefficient (Wildman–Crippen LogP) is 4.49. The van der Waals surface area contributed by atoms with Crippen molar-refractivity contribution in [2.24, 2.45) is 0 Å². The Balaban J connectivity index is 2.85. The van der Waals surface area contributed by atoms with Gasteiger partial charge in [-0.05, 0) is 0 Å². The van der Waals surface area contributed by atoms with Crippen molar-refractivity contribution in [1.29, 1.82) is 0 Å². The highest BCUT2D eigenvalue weighted by atomic mass is 28.3. The molecule has 0 amide bonds. The summed E-state index contributed by atoms with van der Waals surface area (Å²) in [4.78, 5) is 0. The molecule has 1 rings (SSSR count). The van der Waals surface area contributed by atoms with Crippen LogP contribution in [0.25, 0.3) is 0 Å². The van der Waals surface area contributed by atoms with E-state index in [-0.39, 0.29) is 0 Å². The van der Waals surface area contributed by atoms with Crippen molar-refractivity contribution in [3.63, 3.8) is 0 Å². The molecule has 0 saturated carbocycles. The summed E-state index contributed by atoms with van der Waals surface area (Å²) in [7, 11) is -3.26. The molecule has 0 heterocycles. The molecular weight excluding hydrogens is 276 g/mol. The maximum atomic E-state index is 2.54. The molecule has 3 heteroatoms. The van der Waals surface area contributed by atoms with E-state index in [2.05, 4.69) is 76.6 Å². The lowest BCUT2D eigenvalue weighted by Crippen LogP contribution is -2.44. The van der Waals surface area contributed by atoms with E-state index in [9.17, 15) is 0 Å². The van der Waals surface area contributed by atoms with E-state index in [4.69, 9.17) is 0 Å². The Bertz CT molecular complexity index is 405. The van der Waals surface area contributed by atoms with Gasteiger partial charge in [0.05, 0.1) is 16.1 Å². The van der Waals surface area contributed by atoms with Gasteiger partial charge in [0.2, 0.25) is 0 Å². The summed E-state index contributed by atoms with van der Waals surface area (Å²) in [5.41, 5.74) is 0. The first-order valence-electron chi connectivity index (χ1n) is 7.53. The van der Waals surface area contributed by atoms with Gasteiger partial charge in [0.25, 0.3) is 0 Å². The molecule has 0 nitrogen and oxygen atoms in total. The van der Waals surface area contributed by atoms with Gasteiger partial charge in [0.1, 0.15) is 0 Å². The SMILES string of the molecule is C[Si](C)(C)CC[Si](C)(C)c1ccc([Si](C)(C)C)cc1. The van der Waals surface area contributed by atoms with Gasteiger partial charge in [0, 0.05) is 8.07 Å². The van der Waals surface area contributed by atoms with Crippen molar-refractivity contribution >= 4 is 34.6 Å². The van der Waals surface area contributed by atoms with E-state index in [1.807, 2.05) is 0 Å². The van der Waals surface area contributed by atoms with Crippen molar-refractivity contribution in [1.82, 2.24) is 0 Å². The van der Waals surface area contributed by atoms with Gasteiger partial charge < -0.3 is 0 Å². The topological polar surface area (TPSA) is 0 Å². The lowest BCUT2D eigenvalue weighted by molar-refractivity contribution is 1.28. The largest absolute Gasteiger partial charge is 0.0803 e. The molecule has 0 bridgehead atoms. The molecule has 0 fully saturated rings. The van der Waals surface area contributed by atoms with E-state index in [1.54, 1.807) is 10.4 Å². The third-order valence-corrected chi connectivity index (χ3v) is 11.7. The molecule has 0 N–H and O–H groups in total. The molecule has 0 aliphatic rings. The van der Waals surface area contributed by atoms with Gasteiger partial charge >= 0.3 is 0 Å². The van der Waals surface area contributed by atoms with Crippen LogP contribution in [-0.4, -0.2) is 24.2 Å². The minimum Gasteiger partial charge on any atom is -0.0696 e. The highest BCUT2D eigenvalue weighted by Gasteiger charge is 2.27. The molecule has 0 aromatic heterocycles. The van der Waals surface area contributed by atoms with E-state index in [0.717, 1.165) is 0 Å². The first kappa shape index (κ1) is 16.9. The quantitative estimate of drug-likeness (QED) is 0.703. The zero-order valence-corrected chi connectivity index (χ0v) is 17.2. The van der Waals surface area contributed by atoms with Crippen LogP contribution in [0.5, 0.6) is 0 Å². The van der Waals surface area contributed by atoms with E-state index in [0.29, 0.717) is 0 Å². The van der Waals surface area contributed by atoms with Gasteiger partial charge in [0.15, 0.2) is 0 Å². The summed E-state index contributed by atoms with van der Waals surface area (Å²) < 4.78 is 0. The first-order valence-corrected chi connectivity index (χ1v) is 17.9. The summed E-state index contributed by atoms with van der Waals surface area (Å²) in [6.07, 6.45) is 0. The third kappa shape index (κ3) is 5.40. The van der Waals surface area contributed by atoms with Crippen LogP contribution in [0.4, 0.5) is 0 Å². The lowest BCUT2D eigenvalue weighted by Gasteiger charge is -2.27. The minimum absolute atomic E-state index is 0.899. The predicted molar refractivity (Wildman–Crippen MR) is 99.5 cm³/mol. The van der Waals surface area contributed by atoms with Crippen molar-refractivity contribution < 1.29 is 0 Å². The van der Waals surface area contributed by atoms with Gasteiger partial charge in [-0.25, -0.2) is 0 Å². The summed E-state index contributed by atoms with van der Waals surface area (Å²) in [5, 5.41) is 3.24. The molecule has 108 valence electrons. The first-order chi connectivity index (χ1) is 8.42. The Morgan fingerprint density at radius 2 is 1.05 bits per heavy atom. The van der Waals surface area contributed by atoms with E-state index >= 15 is 0 Å². The Hall–Kier alpha value is -0.129. The fourth-order valence-electron chi connectivity index (χ4n) is 2.25.